The Hall–Kier alpha value is -5.54. The predicted octanol–water partition coefficient (Wildman–Crippen LogP) is 2.51. The van der Waals surface area contributed by atoms with E-state index in [0.717, 1.165) is 5.69 Å². The van der Waals surface area contributed by atoms with Gasteiger partial charge >= 0.3 is 0 Å². The molecule has 2 heterocycles. The molecule has 0 amide bonds. The van der Waals surface area contributed by atoms with Crippen molar-refractivity contribution >= 4 is 110 Å². The molecule has 0 saturated carbocycles. The van der Waals surface area contributed by atoms with Crippen LogP contribution in [0.5, 0.6) is 0 Å². The van der Waals surface area contributed by atoms with Gasteiger partial charge in [-0.1, -0.05) is 95.9 Å². The molecule has 0 radical (unpaired) electrons. The molecule has 0 aliphatic rings. The van der Waals surface area contributed by atoms with E-state index in [4.69, 9.17) is 0 Å². The summed E-state index contributed by atoms with van der Waals surface area (Å²) in [6, 6.07) is 51.1. The molecule has 7 aromatic carbocycles. The van der Waals surface area contributed by atoms with Crippen LogP contribution < -0.4 is 27.3 Å². The average Bonchev–Trinajstić information content (AvgIpc) is 3.66. The molecule has 0 spiro atoms. The van der Waals surface area contributed by atoms with Crippen molar-refractivity contribution < 1.29 is 0 Å². The van der Waals surface area contributed by atoms with Gasteiger partial charge < -0.3 is 9.13 Å². The summed E-state index contributed by atoms with van der Waals surface area (Å²) in [6.07, 6.45) is 0. The first kappa shape index (κ1) is 29.6. The second kappa shape index (κ2) is 11.3. The summed E-state index contributed by atoms with van der Waals surface area (Å²) in [6.45, 7) is 0. The fourth-order valence-electron chi connectivity index (χ4n) is 8.22. The Morgan fingerprint density at radius 3 is 1.43 bits per heavy atom. The third-order valence-electron chi connectivity index (χ3n) is 11.1. The van der Waals surface area contributed by atoms with Crippen LogP contribution in [0, 0.1) is 0 Å². The van der Waals surface area contributed by atoms with Crippen LogP contribution in [0.4, 0.5) is 0 Å². The molecule has 0 saturated heterocycles. The van der Waals surface area contributed by atoms with Crippen LogP contribution in [-0.4, -0.2) is 48.4 Å². The van der Waals surface area contributed by atoms with Crippen LogP contribution in [0.1, 0.15) is 0 Å². The highest BCUT2D eigenvalue weighted by Crippen LogP contribution is 2.43. The van der Waals surface area contributed by atoms with Crippen molar-refractivity contribution in [2.24, 2.45) is 0 Å². The van der Waals surface area contributed by atoms with Crippen molar-refractivity contribution in [3.05, 3.63) is 140 Å². The summed E-state index contributed by atoms with van der Waals surface area (Å²) in [4.78, 5) is 0. The van der Waals surface area contributed by atoms with Crippen LogP contribution in [0.25, 0.3) is 77.2 Å². The predicted molar refractivity (Wildman–Crippen MR) is 227 cm³/mol. The van der Waals surface area contributed by atoms with E-state index in [1.807, 2.05) is 0 Å². The Morgan fingerprint density at radius 1 is 0.327 bits per heavy atom. The molecule has 0 unspecified atom stereocenters. The van der Waals surface area contributed by atoms with Gasteiger partial charge in [-0.3, -0.25) is 0 Å². The molecule has 0 atom stereocenters. The molecule has 9 aromatic rings. The third-order valence-corrected chi connectivity index (χ3v) is 11.1. The molecule has 0 fully saturated rings. The van der Waals surface area contributed by atoms with Crippen molar-refractivity contribution in [3.8, 4) is 33.6 Å². The smallest absolute Gasteiger partial charge is 0.139 e. The maximum absolute atomic E-state index is 2.46. The van der Waals surface area contributed by atoms with Crippen LogP contribution >= 0.6 is 0 Å². The molecule has 7 heteroatoms. The minimum absolute atomic E-state index is 1.16. The highest BCUT2D eigenvalue weighted by atomic mass is 15.0. The lowest BCUT2D eigenvalue weighted by molar-refractivity contribution is 1.17. The lowest BCUT2D eigenvalue weighted by Crippen LogP contribution is -2.55. The molecular weight excluding hydrogens is 587 g/mol. The highest BCUT2D eigenvalue weighted by molar-refractivity contribution is 6.68. The van der Waals surface area contributed by atoms with E-state index in [2.05, 4.69) is 188 Å². The maximum Gasteiger partial charge on any atom is 0.139 e. The van der Waals surface area contributed by atoms with Crippen molar-refractivity contribution in [1.29, 1.82) is 0 Å². The summed E-state index contributed by atoms with van der Waals surface area (Å²) in [5.74, 6) is 0. The molecule has 0 bridgehead atoms. The monoisotopic (exact) mass is 620 g/mol. The van der Waals surface area contributed by atoms with E-state index in [0.29, 0.717) is 0 Å². The lowest BCUT2D eigenvalue weighted by Gasteiger charge is -2.20. The number of para-hydroxylation sites is 2. The Morgan fingerprint density at radius 2 is 0.776 bits per heavy atom. The van der Waals surface area contributed by atoms with E-state index < -0.39 is 0 Å². The quantitative estimate of drug-likeness (QED) is 0.268. The number of fused-ring (bicyclic) bond motifs is 7. The van der Waals surface area contributed by atoms with Gasteiger partial charge in [0.05, 0.1) is 22.1 Å². The summed E-state index contributed by atoms with van der Waals surface area (Å²) in [5.41, 5.74) is 19.2. The number of nitrogens with zero attached hydrogens (tertiary/aromatic N) is 2. The van der Waals surface area contributed by atoms with E-state index in [-0.39, 0.29) is 0 Å². The largest absolute Gasteiger partial charge is 0.309 e. The van der Waals surface area contributed by atoms with E-state index in [1.54, 1.807) is 0 Å². The van der Waals surface area contributed by atoms with E-state index in [1.165, 1.54) is 98.9 Å². The van der Waals surface area contributed by atoms with Gasteiger partial charge in [-0.05, 0) is 76.9 Å². The van der Waals surface area contributed by atoms with Gasteiger partial charge in [-0.25, -0.2) is 0 Å². The first-order valence-electron chi connectivity index (χ1n) is 17.2. The summed E-state index contributed by atoms with van der Waals surface area (Å²) in [5, 5.41) is 5.13. The molecule has 0 aliphatic carbocycles. The standard InChI is InChI=1S/C42H33B5N2/c43-38-35(39(44)41(46)42(47)40(38)45)26-17-20-32-30(23-26)37-34(49(32)28-18-15-25(16-19-28)24-9-3-1-4-10-24)22-21-33-36(37)29-13-7-8-14-31(29)48(33)27-11-5-2-6-12-27/h1-23H,43-47H2. The molecule has 49 heavy (non-hydrogen) atoms. The topological polar surface area (TPSA) is 9.86 Å². The fourth-order valence-corrected chi connectivity index (χ4v) is 8.22. The molecule has 9 rings (SSSR count). The van der Waals surface area contributed by atoms with Crippen molar-refractivity contribution in [3.63, 3.8) is 0 Å². The van der Waals surface area contributed by atoms with Crippen LogP contribution in [0.3, 0.4) is 0 Å². The van der Waals surface area contributed by atoms with Gasteiger partial charge in [-0.2, -0.15) is 0 Å². The van der Waals surface area contributed by atoms with Crippen LogP contribution in [0.2, 0.25) is 0 Å². The van der Waals surface area contributed by atoms with Crippen molar-refractivity contribution in [2.45, 2.75) is 0 Å². The maximum atomic E-state index is 2.46. The zero-order valence-corrected chi connectivity index (χ0v) is 28.7. The first-order chi connectivity index (χ1) is 23.9. The van der Waals surface area contributed by atoms with Gasteiger partial charge in [0.15, 0.2) is 0 Å². The van der Waals surface area contributed by atoms with E-state index >= 15 is 0 Å². The van der Waals surface area contributed by atoms with Gasteiger partial charge in [0.25, 0.3) is 0 Å². The Labute approximate surface area is 291 Å². The minimum atomic E-state index is 1.16. The van der Waals surface area contributed by atoms with Gasteiger partial charge in [0.1, 0.15) is 39.2 Å². The lowest BCUT2D eigenvalue weighted by atomic mass is 9.59. The first-order valence-corrected chi connectivity index (χ1v) is 17.2. The molecule has 2 nitrogen and oxygen atoms in total. The average molecular weight is 620 g/mol. The molecule has 0 aliphatic heterocycles. The van der Waals surface area contributed by atoms with Gasteiger partial charge in [0, 0.05) is 32.9 Å². The zero-order valence-electron chi connectivity index (χ0n) is 28.7. The van der Waals surface area contributed by atoms with E-state index in [9.17, 15) is 0 Å². The summed E-state index contributed by atoms with van der Waals surface area (Å²) < 4.78 is 4.88. The Balaban J connectivity index is 1.41. The second-order valence-electron chi connectivity index (χ2n) is 13.5. The number of hydrogen-bond acceptors (Lipinski definition) is 0. The third kappa shape index (κ3) is 4.42. The summed E-state index contributed by atoms with van der Waals surface area (Å²) in [7, 11) is 11.4. The minimum Gasteiger partial charge on any atom is -0.309 e. The SMILES string of the molecule is Bc1c(B)c(B)c(-c2ccc3c(c2)c2c4c5ccccc5n(-c5ccccc5)c4ccc2n3-c2ccc(-c3ccccc3)cc2)c(B)c1B. The highest BCUT2D eigenvalue weighted by Gasteiger charge is 2.22. The number of rotatable bonds is 4. The van der Waals surface area contributed by atoms with Crippen molar-refractivity contribution in [2.75, 3.05) is 0 Å². The molecular formula is C42H33B5N2. The fraction of sp³-hybridized carbons (Fsp3) is 0. The summed E-state index contributed by atoms with van der Waals surface area (Å²) >= 11 is 0. The number of benzene rings is 7. The van der Waals surface area contributed by atoms with Gasteiger partial charge in [-0.15, -0.1) is 16.4 Å². The number of hydrogen-bond donors (Lipinski definition) is 0. The normalized spacial score (nSPS) is 11.7. The zero-order chi connectivity index (χ0) is 33.4. The second-order valence-corrected chi connectivity index (χ2v) is 13.5. The van der Waals surface area contributed by atoms with Crippen molar-refractivity contribution in [1.82, 2.24) is 9.13 Å². The molecule has 2 aromatic heterocycles. The van der Waals surface area contributed by atoms with Crippen LogP contribution in [0.15, 0.2) is 140 Å². The molecule has 226 valence electrons. The molecule has 0 N–H and O–H groups in total. The number of aromatic nitrogens is 2. The Kier molecular flexibility index (Phi) is 6.81. The van der Waals surface area contributed by atoms with Gasteiger partial charge in [0.2, 0.25) is 0 Å². The Bertz CT molecular complexity index is 2720. The van der Waals surface area contributed by atoms with Crippen LogP contribution in [-0.2, 0) is 0 Å².